The molecule has 0 heterocycles. The molecule has 0 amide bonds. The average Bonchev–Trinajstić information content (AvgIpc) is 3.03. The molecule has 2 aromatic carbocycles. The summed E-state index contributed by atoms with van der Waals surface area (Å²) in [6.45, 7) is 4.27. The van der Waals surface area contributed by atoms with Crippen molar-refractivity contribution in [3.05, 3.63) is 89.0 Å². The molecule has 0 radical (unpaired) electrons. The van der Waals surface area contributed by atoms with Crippen LogP contribution in [-0.4, -0.2) is 24.2 Å². The number of aliphatic carboxylic acids is 1. The zero-order chi connectivity index (χ0) is 32.7. The lowest BCUT2D eigenvalue weighted by molar-refractivity contribution is -0.311. The van der Waals surface area contributed by atoms with Crippen LogP contribution in [0.5, 0.6) is 0 Å². The predicted octanol–water partition coefficient (Wildman–Crippen LogP) is 9.46. The van der Waals surface area contributed by atoms with E-state index in [2.05, 4.69) is 26.0 Å². The first-order valence-electron chi connectivity index (χ1n) is 16.7. The number of benzene rings is 2. The number of hydrogen-bond acceptors (Lipinski definition) is 4. The Hall–Kier alpha value is -3.35. The van der Waals surface area contributed by atoms with Gasteiger partial charge in [0, 0.05) is 0 Å². The first-order valence-corrected chi connectivity index (χ1v) is 16.7. The largest absolute Gasteiger partial charge is 0.549 e. The molecule has 7 heteroatoms. The van der Waals surface area contributed by atoms with Gasteiger partial charge in [-0.15, -0.1) is 0 Å². The molecule has 0 fully saturated rings. The van der Waals surface area contributed by atoms with Crippen molar-refractivity contribution >= 4 is 17.5 Å². The topological polar surface area (TPSA) is 66.4 Å². The Balaban J connectivity index is 1.71. The Kier molecular flexibility index (Phi) is 14.4. The summed E-state index contributed by atoms with van der Waals surface area (Å²) < 4.78 is 46.5. The fourth-order valence-electron chi connectivity index (χ4n) is 5.93. The number of aryl methyl sites for hydroxylation is 1. The van der Waals surface area contributed by atoms with E-state index in [1.54, 1.807) is 18.2 Å². The Labute approximate surface area is 266 Å². The van der Waals surface area contributed by atoms with Crippen LogP contribution < -0.4 is 5.11 Å². The van der Waals surface area contributed by atoms with Crippen LogP contribution in [0.3, 0.4) is 0 Å². The summed E-state index contributed by atoms with van der Waals surface area (Å²) in [6.07, 6.45) is 10.8. The number of carbonyl (C=O) groups excluding carboxylic acids is 2. The van der Waals surface area contributed by atoms with Gasteiger partial charge in [0.2, 0.25) is 0 Å². The van der Waals surface area contributed by atoms with Gasteiger partial charge in [0.05, 0.1) is 16.9 Å². The van der Waals surface area contributed by atoms with Crippen LogP contribution in [0.2, 0.25) is 0 Å². The Morgan fingerprint density at radius 1 is 0.844 bits per heavy atom. The van der Waals surface area contributed by atoms with Crippen molar-refractivity contribution in [3.8, 4) is 0 Å². The minimum atomic E-state index is -4.73. The normalized spacial score (nSPS) is 17.1. The molecule has 0 saturated carbocycles. The number of halogens is 3. The second kappa shape index (κ2) is 18.0. The highest BCUT2D eigenvalue weighted by Gasteiger charge is 2.43. The second-order valence-electron chi connectivity index (χ2n) is 12.2. The van der Waals surface area contributed by atoms with Crippen molar-refractivity contribution in [1.82, 2.24) is 0 Å². The molecule has 0 aliphatic heterocycles. The van der Waals surface area contributed by atoms with Crippen molar-refractivity contribution in [1.29, 1.82) is 0 Å². The Morgan fingerprint density at radius 3 is 2.02 bits per heavy atom. The fraction of sp³-hybridized carbons (Fsp3) is 0.526. The van der Waals surface area contributed by atoms with E-state index in [4.69, 9.17) is 4.74 Å². The molecule has 1 aliphatic rings. The minimum Gasteiger partial charge on any atom is -0.549 e. The van der Waals surface area contributed by atoms with Crippen molar-refractivity contribution in [2.75, 3.05) is 0 Å². The van der Waals surface area contributed by atoms with Crippen molar-refractivity contribution < 1.29 is 32.6 Å². The van der Waals surface area contributed by atoms with Crippen molar-refractivity contribution in [2.45, 2.75) is 128 Å². The zero-order valence-electron chi connectivity index (χ0n) is 26.8. The number of allylic oxidation sites excluding steroid dienone is 3. The van der Waals surface area contributed by atoms with Crippen molar-refractivity contribution in [3.63, 3.8) is 0 Å². The van der Waals surface area contributed by atoms with E-state index in [-0.39, 0.29) is 30.4 Å². The van der Waals surface area contributed by atoms with Gasteiger partial charge in [-0.1, -0.05) is 139 Å². The summed E-state index contributed by atoms with van der Waals surface area (Å²) in [5, 5.41) is 12.6. The molecule has 4 nitrogen and oxygen atoms in total. The Morgan fingerprint density at radius 2 is 1.44 bits per heavy atom. The van der Waals surface area contributed by atoms with E-state index in [1.165, 1.54) is 61.9 Å². The van der Waals surface area contributed by atoms with E-state index in [0.717, 1.165) is 49.7 Å². The summed E-state index contributed by atoms with van der Waals surface area (Å²) in [4.78, 5) is 25.8. The van der Waals surface area contributed by atoms with Crippen molar-refractivity contribution in [2.24, 2.45) is 0 Å². The number of esters is 1. The maximum atomic E-state index is 13.8. The van der Waals surface area contributed by atoms with E-state index in [9.17, 15) is 27.9 Å². The van der Waals surface area contributed by atoms with Crippen LogP contribution in [0.25, 0.3) is 5.57 Å². The first-order chi connectivity index (χ1) is 21.6. The molecule has 45 heavy (non-hydrogen) atoms. The Bertz CT molecular complexity index is 1280. The highest BCUT2D eigenvalue weighted by atomic mass is 19.4. The van der Waals surface area contributed by atoms with Crippen LogP contribution in [0, 0.1) is 0 Å². The number of unbranched alkanes of at least 4 members (excludes halogenated alkanes) is 10. The molecule has 2 atom stereocenters. The fourth-order valence-corrected chi connectivity index (χ4v) is 5.93. The van der Waals surface area contributed by atoms with Gasteiger partial charge in [-0.3, -0.25) is 0 Å². The number of alkyl halides is 3. The van der Waals surface area contributed by atoms with E-state index >= 15 is 0 Å². The van der Waals surface area contributed by atoms with Crippen LogP contribution >= 0.6 is 0 Å². The lowest BCUT2D eigenvalue weighted by Crippen LogP contribution is -2.46. The summed E-state index contributed by atoms with van der Waals surface area (Å²) in [5.74, 6) is -2.63. The minimum absolute atomic E-state index is 0.0224. The first kappa shape index (κ1) is 36.1. The standard InChI is InChI=1S/C38H49F3O4/c1-3-5-7-9-11-13-17-29-21-23-30(24-22-29)31-25-27-37(28-26-31,36(43)44)33-19-16-15-18-32(33)35(42)45-34(38(39,40)41)20-14-12-10-8-6-4-2/h15-16,18-19,21-27,34H,3-14,17,20,28H2,1-2H3,(H,43,44)/p-1. The molecule has 3 rings (SSSR count). The lowest BCUT2D eigenvalue weighted by atomic mass is 9.72. The maximum Gasteiger partial charge on any atom is 0.425 e. The quantitative estimate of drug-likeness (QED) is 0.115. The molecule has 0 saturated heterocycles. The smallest absolute Gasteiger partial charge is 0.425 e. The number of carboxylic acids is 1. The number of rotatable bonds is 19. The molecule has 2 unspecified atom stereocenters. The number of ether oxygens (including phenoxy) is 1. The summed E-state index contributed by atoms with van der Waals surface area (Å²) in [5.41, 5.74) is 1.12. The SMILES string of the molecule is CCCCCCCCc1ccc(C2=CCC(C(=O)[O-])(c3ccccc3C(=O)OC(CCCCCCCC)C(F)(F)F)C=C2)cc1. The molecule has 0 spiro atoms. The third kappa shape index (κ3) is 10.6. The maximum absolute atomic E-state index is 13.8. The molecule has 246 valence electrons. The summed E-state index contributed by atoms with van der Waals surface area (Å²) in [7, 11) is 0. The van der Waals surface area contributed by atoms with Crippen LogP contribution in [-0.2, 0) is 21.4 Å². The predicted molar refractivity (Wildman–Crippen MR) is 172 cm³/mol. The van der Waals surface area contributed by atoms with Crippen LogP contribution in [0.1, 0.15) is 131 Å². The molecule has 2 aromatic rings. The van der Waals surface area contributed by atoms with Gasteiger partial charge < -0.3 is 14.6 Å². The van der Waals surface area contributed by atoms with Gasteiger partial charge in [0.1, 0.15) is 0 Å². The molecule has 0 aromatic heterocycles. The van der Waals surface area contributed by atoms with Crippen LogP contribution in [0.15, 0.2) is 66.8 Å². The van der Waals surface area contributed by atoms with Gasteiger partial charge in [-0.2, -0.15) is 13.2 Å². The number of hydrogen-bond donors (Lipinski definition) is 0. The number of carboxylic acid groups (broad SMARTS) is 1. The molecular formula is C38H48F3O4-. The van der Waals surface area contributed by atoms with Crippen LogP contribution in [0.4, 0.5) is 13.2 Å². The number of carbonyl (C=O) groups is 2. The van der Waals surface area contributed by atoms with E-state index < -0.39 is 29.6 Å². The molecular weight excluding hydrogens is 577 g/mol. The van der Waals surface area contributed by atoms with Gasteiger partial charge in [0.15, 0.2) is 6.10 Å². The second-order valence-corrected chi connectivity index (χ2v) is 12.2. The van der Waals surface area contributed by atoms with Gasteiger partial charge in [-0.25, -0.2) is 4.79 Å². The zero-order valence-corrected chi connectivity index (χ0v) is 26.8. The molecule has 0 bridgehead atoms. The highest BCUT2D eigenvalue weighted by molar-refractivity contribution is 5.96. The molecule has 1 aliphatic carbocycles. The third-order valence-corrected chi connectivity index (χ3v) is 8.72. The third-order valence-electron chi connectivity index (χ3n) is 8.72. The van der Waals surface area contributed by atoms with Gasteiger partial charge >= 0.3 is 12.1 Å². The van der Waals surface area contributed by atoms with E-state index in [1.807, 2.05) is 12.1 Å². The average molecular weight is 626 g/mol. The monoisotopic (exact) mass is 625 g/mol. The lowest BCUT2D eigenvalue weighted by Gasteiger charge is -2.35. The van der Waals surface area contributed by atoms with Gasteiger partial charge in [0.25, 0.3) is 0 Å². The summed E-state index contributed by atoms with van der Waals surface area (Å²) >= 11 is 0. The highest BCUT2D eigenvalue weighted by Crippen LogP contribution is 2.39. The molecule has 0 N–H and O–H groups in total. The van der Waals surface area contributed by atoms with E-state index in [0.29, 0.717) is 6.42 Å². The summed E-state index contributed by atoms with van der Waals surface area (Å²) in [6, 6.07) is 14.0. The van der Waals surface area contributed by atoms with Gasteiger partial charge in [-0.05, 0) is 60.4 Å².